The fourth-order valence-corrected chi connectivity index (χ4v) is 1.06. The van der Waals surface area contributed by atoms with Crippen molar-refractivity contribution in [2.24, 2.45) is 5.73 Å². The topological polar surface area (TPSA) is 46.2 Å². The van der Waals surface area contributed by atoms with E-state index in [-0.39, 0.29) is 0 Å². The molecular formula is C9H11F2NO. The Bertz CT molecular complexity index is 312. The molecule has 0 radical (unpaired) electrons. The van der Waals surface area contributed by atoms with Crippen LogP contribution in [0.1, 0.15) is 11.1 Å². The number of rotatable bonds is 2. The first-order valence-corrected chi connectivity index (χ1v) is 3.85. The lowest BCUT2D eigenvalue weighted by Gasteiger charge is -2.15. The smallest absolute Gasteiger partial charge is 0.288 e. The predicted molar refractivity (Wildman–Crippen MR) is 45.8 cm³/mol. The lowest BCUT2D eigenvalue weighted by molar-refractivity contribution is 0.00376. The average Bonchev–Trinajstić information content (AvgIpc) is 2.03. The Kier molecular flexibility index (Phi) is 2.52. The van der Waals surface area contributed by atoms with Gasteiger partial charge in [0.1, 0.15) is 5.75 Å². The Morgan fingerprint density at radius 2 is 2.08 bits per heavy atom. The average molecular weight is 187 g/mol. The molecule has 0 spiro atoms. The van der Waals surface area contributed by atoms with E-state index in [0.717, 1.165) is 5.56 Å². The molecule has 13 heavy (non-hydrogen) atoms. The van der Waals surface area contributed by atoms with Gasteiger partial charge in [-0.3, -0.25) is 0 Å². The number of phenols is 1. The molecule has 4 heteroatoms. The number of hydrogen-bond acceptors (Lipinski definition) is 2. The molecule has 1 rings (SSSR count). The third-order valence-electron chi connectivity index (χ3n) is 1.80. The van der Waals surface area contributed by atoms with Crippen molar-refractivity contribution in [2.75, 3.05) is 6.54 Å². The maximum absolute atomic E-state index is 13.0. The quantitative estimate of drug-likeness (QED) is 0.740. The number of aryl methyl sites for hydroxylation is 1. The standard InChI is InChI=1S/C9H11F2NO/c1-6-2-3-7(8(13)4-6)9(10,11)5-12/h2-4,13H,5,12H2,1H3. The zero-order chi connectivity index (χ0) is 10.1. The van der Waals surface area contributed by atoms with E-state index in [4.69, 9.17) is 5.73 Å². The summed E-state index contributed by atoms with van der Waals surface area (Å²) in [6.45, 7) is 0.910. The van der Waals surface area contributed by atoms with Crippen molar-refractivity contribution < 1.29 is 13.9 Å². The van der Waals surface area contributed by atoms with Gasteiger partial charge in [-0.15, -0.1) is 0 Å². The minimum atomic E-state index is -3.15. The van der Waals surface area contributed by atoms with Crippen LogP contribution in [-0.2, 0) is 5.92 Å². The molecule has 3 N–H and O–H groups in total. The summed E-state index contributed by atoms with van der Waals surface area (Å²) in [6.07, 6.45) is 0. The van der Waals surface area contributed by atoms with Crippen LogP contribution in [0, 0.1) is 6.92 Å². The molecule has 0 unspecified atom stereocenters. The van der Waals surface area contributed by atoms with Crippen LogP contribution in [0.25, 0.3) is 0 Å². The zero-order valence-corrected chi connectivity index (χ0v) is 7.22. The maximum Gasteiger partial charge on any atom is 0.288 e. The fraction of sp³-hybridized carbons (Fsp3) is 0.333. The number of aromatic hydroxyl groups is 1. The molecule has 0 aliphatic heterocycles. The molecule has 2 nitrogen and oxygen atoms in total. The van der Waals surface area contributed by atoms with Gasteiger partial charge in [-0.05, 0) is 24.6 Å². The molecule has 0 heterocycles. The summed E-state index contributed by atoms with van der Waals surface area (Å²) in [4.78, 5) is 0. The summed E-state index contributed by atoms with van der Waals surface area (Å²) in [6, 6.07) is 4.00. The van der Waals surface area contributed by atoms with Crippen LogP contribution < -0.4 is 5.73 Å². The van der Waals surface area contributed by atoms with Crippen LogP contribution in [-0.4, -0.2) is 11.7 Å². The van der Waals surface area contributed by atoms with Crippen LogP contribution in [0.2, 0.25) is 0 Å². The van der Waals surface area contributed by atoms with Gasteiger partial charge >= 0.3 is 0 Å². The molecule has 0 aliphatic carbocycles. The van der Waals surface area contributed by atoms with E-state index in [0.29, 0.717) is 0 Å². The molecule has 0 fully saturated rings. The first-order valence-electron chi connectivity index (χ1n) is 3.85. The SMILES string of the molecule is Cc1ccc(C(F)(F)CN)c(O)c1. The van der Waals surface area contributed by atoms with E-state index in [1.807, 2.05) is 0 Å². The second kappa shape index (κ2) is 3.30. The van der Waals surface area contributed by atoms with Gasteiger partial charge in [-0.2, -0.15) is 8.78 Å². The molecule has 0 saturated carbocycles. The van der Waals surface area contributed by atoms with Gasteiger partial charge in [-0.25, -0.2) is 0 Å². The molecule has 1 aromatic rings. The molecule has 0 amide bonds. The van der Waals surface area contributed by atoms with Crippen molar-refractivity contribution in [3.63, 3.8) is 0 Å². The summed E-state index contributed by atoms with van der Waals surface area (Å²) in [5.41, 5.74) is 5.20. The van der Waals surface area contributed by atoms with E-state index < -0.39 is 23.8 Å². The van der Waals surface area contributed by atoms with Crippen molar-refractivity contribution in [3.05, 3.63) is 29.3 Å². The van der Waals surface area contributed by atoms with Crippen molar-refractivity contribution in [1.29, 1.82) is 0 Å². The summed E-state index contributed by atoms with van der Waals surface area (Å²) < 4.78 is 26.0. The first kappa shape index (κ1) is 9.92. The molecule has 0 atom stereocenters. The lowest BCUT2D eigenvalue weighted by Crippen LogP contribution is -2.25. The minimum Gasteiger partial charge on any atom is -0.507 e. The fourth-order valence-electron chi connectivity index (χ4n) is 1.06. The first-order chi connectivity index (χ1) is 5.97. The highest BCUT2D eigenvalue weighted by Crippen LogP contribution is 2.33. The van der Waals surface area contributed by atoms with Gasteiger partial charge < -0.3 is 10.8 Å². The monoisotopic (exact) mass is 187 g/mol. The molecule has 72 valence electrons. The van der Waals surface area contributed by atoms with Gasteiger partial charge in [0, 0.05) is 0 Å². The zero-order valence-electron chi connectivity index (χ0n) is 7.22. The van der Waals surface area contributed by atoms with Gasteiger partial charge in [0.25, 0.3) is 5.92 Å². The Balaban J connectivity index is 3.16. The van der Waals surface area contributed by atoms with E-state index in [2.05, 4.69) is 0 Å². The van der Waals surface area contributed by atoms with Gasteiger partial charge in [-0.1, -0.05) is 6.07 Å². The number of benzene rings is 1. The molecule has 0 aliphatic rings. The van der Waals surface area contributed by atoms with Crippen LogP contribution in [0.3, 0.4) is 0 Å². The molecule has 1 aromatic carbocycles. The normalized spacial score (nSPS) is 11.7. The van der Waals surface area contributed by atoms with Crippen molar-refractivity contribution in [1.82, 2.24) is 0 Å². The summed E-state index contributed by atoms with van der Waals surface area (Å²) in [5.74, 6) is -3.56. The Morgan fingerprint density at radius 3 is 2.54 bits per heavy atom. The van der Waals surface area contributed by atoms with Crippen LogP contribution in [0.5, 0.6) is 5.75 Å². The van der Waals surface area contributed by atoms with Crippen molar-refractivity contribution >= 4 is 0 Å². The molecule has 0 bridgehead atoms. The minimum absolute atomic E-state index is 0.407. The van der Waals surface area contributed by atoms with Crippen LogP contribution in [0.4, 0.5) is 8.78 Å². The second-order valence-corrected chi connectivity index (χ2v) is 2.93. The molecule has 0 saturated heterocycles. The van der Waals surface area contributed by atoms with Gasteiger partial charge in [0.15, 0.2) is 0 Å². The highest BCUT2D eigenvalue weighted by molar-refractivity contribution is 5.38. The Hall–Kier alpha value is -1.16. The summed E-state index contributed by atoms with van der Waals surface area (Å²) >= 11 is 0. The summed E-state index contributed by atoms with van der Waals surface area (Å²) in [7, 11) is 0. The second-order valence-electron chi connectivity index (χ2n) is 2.93. The van der Waals surface area contributed by atoms with E-state index in [9.17, 15) is 13.9 Å². The number of halogens is 2. The van der Waals surface area contributed by atoms with E-state index in [1.54, 1.807) is 6.92 Å². The van der Waals surface area contributed by atoms with Crippen molar-refractivity contribution in [3.8, 4) is 5.75 Å². The Morgan fingerprint density at radius 1 is 1.46 bits per heavy atom. The third kappa shape index (κ3) is 1.95. The Labute approximate surface area is 75.0 Å². The highest BCUT2D eigenvalue weighted by Gasteiger charge is 2.32. The number of hydrogen-bond donors (Lipinski definition) is 2. The van der Waals surface area contributed by atoms with E-state index in [1.165, 1.54) is 18.2 Å². The molecule has 0 aromatic heterocycles. The highest BCUT2D eigenvalue weighted by atomic mass is 19.3. The van der Waals surface area contributed by atoms with Crippen LogP contribution in [0.15, 0.2) is 18.2 Å². The molecular weight excluding hydrogens is 176 g/mol. The third-order valence-corrected chi connectivity index (χ3v) is 1.80. The number of phenolic OH excluding ortho intramolecular Hbond substituents is 1. The lowest BCUT2D eigenvalue weighted by atomic mass is 10.1. The van der Waals surface area contributed by atoms with E-state index >= 15 is 0 Å². The van der Waals surface area contributed by atoms with Gasteiger partial charge in [0.05, 0.1) is 12.1 Å². The predicted octanol–water partition coefficient (Wildman–Crippen LogP) is 1.75. The van der Waals surface area contributed by atoms with Gasteiger partial charge in [0.2, 0.25) is 0 Å². The van der Waals surface area contributed by atoms with Crippen LogP contribution >= 0.6 is 0 Å². The number of nitrogens with two attached hydrogens (primary N) is 1. The summed E-state index contributed by atoms with van der Waals surface area (Å²) in [5, 5.41) is 9.22. The maximum atomic E-state index is 13.0. The number of alkyl halides is 2. The van der Waals surface area contributed by atoms with Crippen molar-refractivity contribution in [2.45, 2.75) is 12.8 Å². The largest absolute Gasteiger partial charge is 0.507 e.